The van der Waals surface area contributed by atoms with E-state index in [2.05, 4.69) is 36.6 Å². The lowest BCUT2D eigenvalue weighted by Gasteiger charge is -2.12. The predicted molar refractivity (Wildman–Crippen MR) is 85.6 cm³/mol. The van der Waals surface area contributed by atoms with Crippen molar-refractivity contribution in [3.05, 3.63) is 51.2 Å². The Labute approximate surface area is 138 Å². The van der Waals surface area contributed by atoms with E-state index >= 15 is 0 Å². The third-order valence-electron chi connectivity index (χ3n) is 2.59. The SMILES string of the molecule is COc1ccc(Br)cc1S(=O)(=O)Nc1ccc(Br)cc1F. The number of halogens is 3. The third-order valence-corrected chi connectivity index (χ3v) is 4.96. The highest BCUT2D eigenvalue weighted by Crippen LogP contribution is 2.30. The van der Waals surface area contributed by atoms with Crippen molar-refractivity contribution in [1.82, 2.24) is 0 Å². The van der Waals surface area contributed by atoms with E-state index in [0.717, 1.165) is 0 Å². The molecule has 0 saturated carbocycles. The molecule has 21 heavy (non-hydrogen) atoms. The summed E-state index contributed by atoms with van der Waals surface area (Å²) < 4.78 is 46.8. The van der Waals surface area contributed by atoms with Gasteiger partial charge in [-0.3, -0.25) is 4.72 Å². The number of rotatable bonds is 4. The average molecular weight is 439 g/mol. The Morgan fingerprint density at radius 2 is 1.71 bits per heavy atom. The van der Waals surface area contributed by atoms with Crippen LogP contribution in [0.15, 0.2) is 50.2 Å². The second kappa shape index (κ2) is 6.33. The summed E-state index contributed by atoms with van der Waals surface area (Å²) >= 11 is 6.31. The van der Waals surface area contributed by atoms with E-state index in [4.69, 9.17) is 4.74 Å². The maximum absolute atomic E-state index is 13.8. The van der Waals surface area contributed by atoms with Crippen molar-refractivity contribution in [3.63, 3.8) is 0 Å². The second-order valence-electron chi connectivity index (χ2n) is 4.02. The van der Waals surface area contributed by atoms with Gasteiger partial charge in [0.1, 0.15) is 16.5 Å². The minimum atomic E-state index is -3.97. The Kier molecular flexibility index (Phi) is 4.90. The standard InChI is InChI=1S/C13H10Br2FNO3S/c1-20-12-5-3-9(15)7-13(12)21(18,19)17-11-4-2-8(14)6-10(11)16/h2-7,17H,1H3. The van der Waals surface area contributed by atoms with Gasteiger partial charge >= 0.3 is 0 Å². The smallest absolute Gasteiger partial charge is 0.265 e. The van der Waals surface area contributed by atoms with Crippen molar-refractivity contribution in [2.75, 3.05) is 11.8 Å². The molecule has 0 saturated heterocycles. The van der Waals surface area contributed by atoms with Crippen molar-refractivity contribution in [3.8, 4) is 5.75 Å². The Hall–Kier alpha value is -1.12. The summed E-state index contributed by atoms with van der Waals surface area (Å²) in [4.78, 5) is -0.0818. The van der Waals surface area contributed by atoms with Crippen LogP contribution in [-0.2, 0) is 10.0 Å². The van der Waals surface area contributed by atoms with Crippen LogP contribution in [0.25, 0.3) is 0 Å². The molecule has 0 amide bonds. The molecule has 4 nitrogen and oxygen atoms in total. The van der Waals surface area contributed by atoms with E-state index in [1.165, 1.54) is 31.4 Å². The van der Waals surface area contributed by atoms with Gasteiger partial charge in [-0.1, -0.05) is 31.9 Å². The first kappa shape index (κ1) is 16.3. The van der Waals surface area contributed by atoms with Gasteiger partial charge in [0, 0.05) is 8.95 Å². The van der Waals surface area contributed by atoms with E-state index in [1.807, 2.05) is 0 Å². The molecule has 0 bridgehead atoms. The number of benzene rings is 2. The van der Waals surface area contributed by atoms with Crippen LogP contribution in [0.2, 0.25) is 0 Å². The lowest BCUT2D eigenvalue weighted by atomic mass is 10.3. The van der Waals surface area contributed by atoms with Crippen LogP contribution in [-0.4, -0.2) is 15.5 Å². The Morgan fingerprint density at radius 3 is 2.33 bits per heavy atom. The van der Waals surface area contributed by atoms with Gasteiger partial charge in [-0.25, -0.2) is 12.8 Å². The molecule has 2 rings (SSSR count). The summed E-state index contributed by atoms with van der Waals surface area (Å²) in [6, 6.07) is 8.60. The average Bonchev–Trinajstić information content (AvgIpc) is 2.42. The molecule has 0 atom stereocenters. The number of nitrogens with one attached hydrogen (secondary N) is 1. The van der Waals surface area contributed by atoms with Crippen LogP contribution in [0.4, 0.5) is 10.1 Å². The highest BCUT2D eigenvalue weighted by molar-refractivity contribution is 9.10. The highest BCUT2D eigenvalue weighted by Gasteiger charge is 2.21. The van der Waals surface area contributed by atoms with Gasteiger partial charge in [0.15, 0.2) is 0 Å². The van der Waals surface area contributed by atoms with E-state index in [9.17, 15) is 12.8 Å². The normalized spacial score (nSPS) is 11.2. The molecule has 1 N–H and O–H groups in total. The van der Waals surface area contributed by atoms with Gasteiger partial charge in [0.05, 0.1) is 12.8 Å². The zero-order valence-corrected chi connectivity index (χ0v) is 14.7. The van der Waals surface area contributed by atoms with Gasteiger partial charge < -0.3 is 4.74 Å². The molecule has 2 aromatic carbocycles. The monoisotopic (exact) mass is 437 g/mol. The summed E-state index contributed by atoms with van der Waals surface area (Å²) in [6.07, 6.45) is 0. The largest absolute Gasteiger partial charge is 0.495 e. The van der Waals surface area contributed by atoms with Crippen molar-refractivity contribution >= 4 is 47.6 Å². The third kappa shape index (κ3) is 3.75. The number of sulfonamides is 1. The summed E-state index contributed by atoms with van der Waals surface area (Å²) in [7, 11) is -2.61. The van der Waals surface area contributed by atoms with Crippen molar-refractivity contribution in [2.24, 2.45) is 0 Å². The number of hydrogen-bond donors (Lipinski definition) is 1. The molecular formula is C13H10Br2FNO3S. The predicted octanol–water partition coefficient (Wildman–Crippen LogP) is 4.16. The number of hydrogen-bond acceptors (Lipinski definition) is 3. The minimum absolute atomic E-state index is 0.0818. The van der Waals surface area contributed by atoms with Gasteiger partial charge in [-0.2, -0.15) is 0 Å². The van der Waals surface area contributed by atoms with E-state index in [-0.39, 0.29) is 16.3 Å². The quantitative estimate of drug-likeness (QED) is 0.779. The van der Waals surface area contributed by atoms with Crippen LogP contribution in [0, 0.1) is 5.82 Å². The fourth-order valence-electron chi connectivity index (χ4n) is 1.63. The van der Waals surface area contributed by atoms with Crippen LogP contribution in [0.1, 0.15) is 0 Å². The minimum Gasteiger partial charge on any atom is -0.495 e. The van der Waals surface area contributed by atoms with Crippen molar-refractivity contribution in [2.45, 2.75) is 4.90 Å². The molecule has 0 heterocycles. The molecule has 0 aliphatic carbocycles. The molecule has 0 fully saturated rings. The van der Waals surface area contributed by atoms with E-state index < -0.39 is 15.8 Å². The molecule has 8 heteroatoms. The fourth-order valence-corrected chi connectivity index (χ4v) is 3.74. The molecule has 0 unspecified atom stereocenters. The molecule has 0 radical (unpaired) electrons. The summed E-state index contributed by atoms with van der Waals surface area (Å²) in [5.74, 6) is -0.509. The van der Waals surface area contributed by atoms with Crippen LogP contribution in [0.5, 0.6) is 5.75 Å². The van der Waals surface area contributed by atoms with Gasteiger partial charge in [-0.15, -0.1) is 0 Å². The first-order valence-electron chi connectivity index (χ1n) is 5.65. The Bertz CT molecular complexity index is 781. The zero-order valence-electron chi connectivity index (χ0n) is 10.7. The summed E-state index contributed by atoms with van der Waals surface area (Å²) in [5, 5.41) is 0. The summed E-state index contributed by atoms with van der Waals surface area (Å²) in [5.41, 5.74) is -0.139. The number of ether oxygens (including phenoxy) is 1. The molecular weight excluding hydrogens is 429 g/mol. The molecule has 0 spiro atoms. The maximum Gasteiger partial charge on any atom is 0.265 e. The number of methoxy groups -OCH3 is 1. The zero-order chi connectivity index (χ0) is 15.6. The van der Waals surface area contributed by atoms with Gasteiger partial charge in [0.2, 0.25) is 0 Å². The van der Waals surface area contributed by atoms with Gasteiger partial charge in [0.25, 0.3) is 10.0 Å². The fraction of sp³-hybridized carbons (Fsp3) is 0.0769. The second-order valence-corrected chi connectivity index (χ2v) is 7.51. The van der Waals surface area contributed by atoms with Crippen molar-refractivity contribution < 1.29 is 17.5 Å². The summed E-state index contributed by atoms with van der Waals surface area (Å²) in [6.45, 7) is 0. The van der Waals surface area contributed by atoms with E-state index in [1.54, 1.807) is 12.1 Å². The molecule has 2 aromatic rings. The van der Waals surface area contributed by atoms with Crippen LogP contribution >= 0.6 is 31.9 Å². The Morgan fingerprint density at radius 1 is 1.10 bits per heavy atom. The van der Waals surface area contributed by atoms with Crippen LogP contribution < -0.4 is 9.46 Å². The first-order chi connectivity index (χ1) is 9.83. The Balaban J connectivity index is 2.45. The van der Waals surface area contributed by atoms with E-state index in [0.29, 0.717) is 8.95 Å². The first-order valence-corrected chi connectivity index (χ1v) is 8.72. The number of anilines is 1. The molecule has 112 valence electrons. The molecule has 0 aliphatic rings. The lowest BCUT2D eigenvalue weighted by Crippen LogP contribution is -2.15. The van der Waals surface area contributed by atoms with Gasteiger partial charge in [-0.05, 0) is 36.4 Å². The molecule has 0 aliphatic heterocycles. The lowest BCUT2D eigenvalue weighted by molar-refractivity contribution is 0.402. The molecule has 0 aromatic heterocycles. The topological polar surface area (TPSA) is 55.4 Å². The van der Waals surface area contributed by atoms with Crippen LogP contribution in [0.3, 0.4) is 0 Å². The maximum atomic E-state index is 13.8. The van der Waals surface area contributed by atoms with Crippen molar-refractivity contribution in [1.29, 1.82) is 0 Å². The highest BCUT2D eigenvalue weighted by atomic mass is 79.9.